The molecule has 0 radical (unpaired) electrons. The molecule has 0 spiro atoms. The first-order valence-electron chi connectivity index (χ1n) is 9.66. The summed E-state index contributed by atoms with van der Waals surface area (Å²) in [6.45, 7) is 1.89. The third-order valence-electron chi connectivity index (χ3n) is 5.44. The molecule has 0 unspecified atom stereocenters. The number of rotatable bonds is 5. The van der Waals surface area contributed by atoms with Crippen molar-refractivity contribution >= 4 is 23.9 Å². The molecule has 3 heterocycles. The van der Waals surface area contributed by atoms with Gasteiger partial charge in [0.25, 0.3) is 11.8 Å². The first-order chi connectivity index (χ1) is 14.8. The zero-order valence-corrected chi connectivity index (χ0v) is 17.4. The number of imide groups is 1. The van der Waals surface area contributed by atoms with Gasteiger partial charge in [-0.2, -0.15) is 0 Å². The van der Waals surface area contributed by atoms with Crippen LogP contribution in [0.15, 0.2) is 42.3 Å². The van der Waals surface area contributed by atoms with Crippen molar-refractivity contribution in [3.05, 3.63) is 64.7 Å². The number of hydrogen-bond donors (Lipinski definition) is 2. The summed E-state index contributed by atoms with van der Waals surface area (Å²) in [5.41, 5.74) is 1.14. The Balaban J connectivity index is 1.69. The van der Waals surface area contributed by atoms with Crippen LogP contribution in [0.4, 0.5) is 4.79 Å². The summed E-state index contributed by atoms with van der Waals surface area (Å²) >= 11 is 0. The minimum absolute atomic E-state index is 0.131. The fraction of sp³-hybridized carbons (Fsp3) is 0.273. The third kappa shape index (κ3) is 3.58. The van der Waals surface area contributed by atoms with Crippen LogP contribution < -0.4 is 15.4 Å². The van der Waals surface area contributed by atoms with E-state index in [1.165, 1.54) is 12.0 Å². The van der Waals surface area contributed by atoms with Crippen molar-refractivity contribution in [3.8, 4) is 5.75 Å². The lowest BCUT2D eigenvalue weighted by Gasteiger charge is -2.34. The number of aryl methyl sites for hydroxylation is 1. The largest absolute Gasteiger partial charge is 0.497 e. The molecule has 2 aliphatic rings. The second kappa shape index (κ2) is 7.75. The Morgan fingerprint density at radius 1 is 1.32 bits per heavy atom. The lowest BCUT2D eigenvalue weighted by molar-refractivity contribution is -0.124. The molecule has 4 rings (SSSR count). The Hall–Kier alpha value is -3.88. The van der Waals surface area contributed by atoms with Crippen molar-refractivity contribution in [2.24, 2.45) is 0 Å². The Labute approximate surface area is 179 Å². The number of hydrogen-bond acceptors (Lipinski definition) is 6. The highest BCUT2D eigenvalue weighted by atomic mass is 16.5. The maximum absolute atomic E-state index is 13.2. The standard InChI is InChI=1S/C22H22N4O5/c1-13-6-7-15(30-3)9-16(13)19(27)26(2)12-22(20(28)24-21(29)25-22)18-10-17-14(11-31-18)5-4-8-23-17/h4-10H,11-12H2,1-3H3,(H2,24,25,28,29)/t22-/m0/s1. The summed E-state index contributed by atoms with van der Waals surface area (Å²) in [5, 5.41) is 4.91. The molecule has 9 nitrogen and oxygen atoms in total. The van der Waals surface area contributed by atoms with Gasteiger partial charge in [0.1, 0.15) is 18.1 Å². The van der Waals surface area contributed by atoms with E-state index in [0.717, 1.165) is 11.1 Å². The van der Waals surface area contributed by atoms with E-state index in [2.05, 4.69) is 15.6 Å². The van der Waals surface area contributed by atoms with Crippen LogP contribution in [0.5, 0.6) is 5.75 Å². The monoisotopic (exact) mass is 422 g/mol. The SMILES string of the molecule is COc1ccc(C)c(C(=O)N(C)C[C@@]2(C3=Cc4ncccc4CO3)NC(=O)NC2=O)c1. The minimum Gasteiger partial charge on any atom is -0.497 e. The predicted molar refractivity (Wildman–Crippen MR) is 111 cm³/mol. The number of aromatic nitrogens is 1. The van der Waals surface area contributed by atoms with Crippen LogP contribution >= 0.6 is 0 Å². The van der Waals surface area contributed by atoms with Crippen LogP contribution in [0.1, 0.15) is 27.2 Å². The van der Waals surface area contributed by atoms with Gasteiger partial charge < -0.3 is 19.7 Å². The van der Waals surface area contributed by atoms with Gasteiger partial charge in [0.2, 0.25) is 0 Å². The Bertz CT molecular complexity index is 1110. The summed E-state index contributed by atoms with van der Waals surface area (Å²) in [4.78, 5) is 43.8. The number of amides is 4. The van der Waals surface area contributed by atoms with Crippen LogP contribution in [0.2, 0.25) is 0 Å². The van der Waals surface area contributed by atoms with Crippen LogP contribution in [0.25, 0.3) is 6.08 Å². The summed E-state index contributed by atoms with van der Waals surface area (Å²) in [7, 11) is 3.09. The van der Waals surface area contributed by atoms with E-state index in [1.807, 2.05) is 13.0 Å². The van der Waals surface area contributed by atoms with Crippen molar-refractivity contribution in [2.75, 3.05) is 20.7 Å². The Morgan fingerprint density at radius 3 is 2.84 bits per heavy atom. The van der Waals surface area contributed by atoms with Crippen LogP contribution in [0.3, 0.4) is 0 Å². The molecular weight excluding hydrogens is 400 g/mol. The topological polar surface area (TPSA) is 110 Å². The molecule has 160 valence electrons. The van der Waals surface area contributed by atoms with E-state index >= 15 is 0 Å². The summed E-state index contributed by atoms with van der Waals surface area (Å²) < 4.78 is 11.1. The quantitative estimate of drug-likeness (QED) is 0.709. The fourth-order valence-corrected chi connectivity index (χ4v) is 3.72. The smallest absolute Gasteiger partial charge is 0.322 e. The van der Waals surface area contributed by atoms with Gasteiger partial charge in [0.05, 0.1) is 19.3 Å². The second-order valence-electron chi connectivity index (χ2n) is 7.50. The van der Waals surface area contributed by atoms with Crippen molar-refractivity contribution in [1.29, 1.82) is 0 Å². The number of pyridine rings is 1. The number of likely N-dealkylation sites (N-methyl/N-ethyl adjacent to an activating group) is 1. The summed E-state index contributed by atoms with van der Waals surface area (Å²) in [5.74, 6) is -0.140. The maximum atomic E-state index is 13.2. The predicted octanol–water partition coefficient (Wildman–Crippen LogP) is 1.62. The molecular formula is C22H22N4O5. The Morgan fingerprint density at radius 2 is 2.13 bits per heavy atom. The molecule has 1 aromatic carbocycles. The van der Waals surface area contributed by atoms with E-state index in [-0.39, 0.29) is 24.8 Å². The number of nitrogens with one attached hydrogen (secondary N) is 2. The fourth-order valence-electron chi connectivity index (χ4n) is 3.72. The highest BCUT2D eigenvalue weighted by molar-refractivity contribution is 6.10. The summed E-state index contributed by atoms with van der Waals surface area (Å²) in [6.07, 6.45) is 3.26. The molecule has 31 heavy (non-hydrogen) atoms. The number of carbonyl (C=O) groups is 3. The molecule has 1 fully saturated rings. The van der Waals surface area contributed by atoms with E-state index in [9.17, 15) is 14.4 Å². The molecule has 2 aliphatic heterocycles. The number of carbonyl (C=O) groups excluding carboxylic acids is 3. The average molecular weight is 422 g/mol. The first-order valence-corrected chi connectivity index (χ1v) is 9.66. The number of fused-ring (bicyclic) bond motifs is 1. The van der Waals surface area contributed by atoms with E-state index in [1.54, 1.807) is 43.6 Å². The van der Waals surface area contributed by atoms with Gasteiger partial charge in [-0.1, -0.05) is 12.1 Å². The van der Waals surface area contributed by atoms with Crippen molar-refractivity contribution < 1.29 is 23.9 Å². The van der Waals surface area contributed by atoms with Gasteiger partial charge in [0, 0.05) is 30.4 Å². The number of ether oxygens (including phenoxy) is 2. The van der Waals surface area contributed by atoms with Gasteiger partial charge in [0.15, 0.2) is 5.54 Å². The molecule has 1 aromatic heterocycles. The van der Waals surface area contributed by atoms with E-state index in [4.69, 9.17) is 9.47 Å². The van der Waals surface area contributed by atoms with E-state index in [0.29, 0.717) is 17.0 Å². The molecule has 2 aromatic rings. The normalized spacial score (nSPS) is 19.5. The lowest BCUT2D eigenvalue weighted by Crippen LogP contribution is -2.57. The zero-order chi connectivity index (χ0) is 22.2. The molecule has 1 saturated heterocycles. The molecule has 0 aliphatic carbocycles. The molecule has 9 heteroatoms. The van der Waals surface area contributed by atoms with Crippen LogP contribution in [-0.2, 0) is 16.1 Å². The molecule has 0 bridgehead atoms. The Kier molecular flexibility index (Phi) is 5.10. The lowest BCUT2D eigenvalue weighted by atomic mass is 9.93. The number of methoxy groups -OCH3 is 1. The molecule has 1 atom stereocenters. The average Bonchev–Trinajstić information content (AvgIpc) is 3.06. The van der Waals surface area contributed by atoms with E-state index < -0.39 is 17.5 Å². The minimum atomic E-state index is -1.57. The first kappa shape index (κ1) is 20.4. The third-order valence-corrected chi connectivity index (χ3v) is 5.44. The highest BCUT2D eigenvalue weighted by Gasteiger charge is 2.52. The molecule has 0 saturated carbocycles. The number of nitrogens with zero attached hydrogens (tertiary/aromatic N) is 2. The maximum Gasteiger partial charge on any atom is 0.322 e. The van der Waals surface area contributed by atoms with Crippen molar-refractivity contribution in [2.45, 2.75) is 19.1 Å². The molecule has 2 N–H and O–H groups in total. The highest BCUT2D eigenvalue weighted by Crippen LogP contribution is 2.31. The van der Waals surface area contributed by atoms with Crippen molar-refractivity contribution in [3.63, 3.8) is 0 Å². The number of urea groups is 1. The summed E-state index contributed by atoms with van der Waals surface area (Å²) in [6, 6.07) is 8.21. The van der Waals surface area contributed by atoms with Gasteiger partial charge in [-0.3, -0.25) is 19.9 Å². The number of benzene rings is 1. The molecule has 4 amide bonds. The van der Waals surface area contributed by atoms with Gasteiger partial charge in [-0.05, 0) is 30.7 Å². The van der Waals surface area contributed by atoms with Gasteiger partial charge in [-0.25, -0.2) is 4.79 Å². The second-order valence-corrected chi connectivity index (χ2v) is 7.50. The van der Waals surface area contributed by atoms with Crippen LogP contribution in [0, 0.1) is 6.92 Å². The zero-order valence-electron chi connectivity index (χ0n) is 17.4. The van der Waals surface area contributed by atoms with Crippen molar-refractivity contribution in [1.82, 2.24) is 20.5 Å². The van der Waals surface area contributed by atoms with Crippen LogP contribution in [-0.4, -0.2) is 54.0 Å². The van der Waals surface area contributed by atoms with Gasteiger partial charge in [-0.15, -0.1) is 0 Å². The van der Waals surface area contributed by atoms with Gasteiger partial charge >= 0.3 is 6.03 Å².